The molecule has 1 aromatic carbocycles. The number of piperidine rings is 1. The van der Waals surface area contributed by atoms with Crippen LogP contribution in [-0.2, 0) is 16.1 Å². The van der Waals surface area contributed by atoms with Gasteiger partial charge >= 0.3 is 5.97 Å². The number of likely N-dealkylation sites (tertiary alicyclic amines) is 1. The molecule has 7 nitrogen and oxygen atoms in total. The first kappa shape index (κ1) is 21.9. The lowest BCUT2D eigenvalue weighted by molar-refractivity contribution is -0.149. The summed E-state index contributed by atoms with van der Waals surface area (Å²) in [6.07, 6.45) is 2.76. The summed E-state index contributed by atoms with van der Waals surface area (Å²) in [4.78, 5) is 18.6. The second-order valence-electron chi connectivity index (χ2n) is 6.77. The van der Waals surface area contributed by atoms with Gasteiger partial charge in [-0.15, -0.1) is 0 Å². The van der Waals surface area contributed by atoms with Crippen LogP contribution in [0, 0.1) is 5.92 Å². The zero-order valence-electron chi connectivity index (χ0n) is 17.5. The molecule has 0 aliphatic carbocycles. The smallest absolute Gasteiger partial charge is 0.310 e. The standard InChI is InChI=1S/C21H33N3O4/c1-5-12-28-18-10-9-16(13-19(18)26-4)14-23-21(22-3)24-11-7-8-17(15-24)20(25)27-6-2/h9-10,13,17H,5-8,11-12,14-15H2,1-4H3,(H,22,23). The van der Waals surface area contributed by atoms with Gasteiger partial charge in [0, 0.05) is 26.7 Å². The molecule has 1 aliphatic rings. The summed E-state index contributed by atoms with van der Waals surface area (Å²) in [5.41, 5.74) is 1.07. The lowest BCUT2D eigenvalue weighted by atomic mass is 9.98. The highest BCUT2D eigenvalue weighted by molar-refractivity contribution is 5.81. The van der Waals surface area contributed by atoms with Gasteiger partial charge in [-0.1, -0.05) is 13.0 Å². The van der Waals surface area contributed by atoms with Crippen molar-refractivity contribution in [2.75, 3.05) is 40.5 Å². The molecule has 0 radical (unpaired) electrons. The number of aliphatic imine (C=N–C) groups is 1. The zero-order chi connectivity index (χ0) is 20.4. The maximum Gasteiger partial charge on any atom is 0.310 e. The quantitative estimate of drug-likeness (QED) is 0.417. The van der Waals surface area contributed by atoms with Crippen LogP contribution < -0.4 is 14.8 Å². The molecule has 1 fully saturated rings. The molecule has 0 spiro atoms. The number of guanidine groups is 1. The second kappa shape index (κ2) is 11.4. The summed E-state index contributed by atoms with van der Waals surface area (Å²) >= 11 is 0. The van der Waals surface area contributed by atoms with Gasteiger partial charge < -0.3 is 24.4 Å². The summed E-state index contributed by atoms with van der Waals surface area (Å²) in [5, 5.41) is 3.39. The molecule has 1 aliphatic heterocycles. The normalized spacial score (nSPS) is 17.2. The molecule has 1 N–H and O–H groups in total. The molecule has 0 saturated carbocycles. The number of nitrogens with one attached hydrogen (secondary N) is 1. The second-order valence-corrected chi connectivity index (χ2v) is 6.77. The molecule has 0 aromatic heterocycles. The third kappa shape index (κ3) is 6.04. The number of ether oxygens (including phenoxy) is 3. The Labute approximate surface area is 168 Å². The molecule has 0 amide bonds. The minimum absolute atomic E-state index is 0.0951. The van der Waals surface area contributed by atoms with E-state index in [0.29, 0.717) is 26.3 Å². The number of benzene rings is 1. The summed E-state index contributed by atoms with van der Waals surface area (Å²) in [6, 6.07) is 5.93. The highest BCUT2D eigenvalue weighted by atomic mass is 16.5. The first-order chi connectivity index (χ1) is 13.6. The largest absolute Gasteiger partial charge is 0.493 e. The van der Waals surface area contributed by atoms with E-state index in [1.54, 1.807) is 14.2 Å². The summed E-state index contributed by atoms with van der Waals surface area (Å²) in [7, 11) is 3.41. The van der Waals surface area contributed by atoms with Gasteiger partial charge in [0.05, 0.1) is 26.2 Å². The van der Waals surface area contributed by atoms with Gasteiger partial charge in [-0.2, -0.15) is 0 Å². The molecular weight excluding hydrogens is 358 g/mol. The third-order valence-electron chi connectivity index (χ3n) is 4.69. The maximum atomic E-state index is 12.1. The van der Waals surface area contributed by atoms with Crippen LogP contribution in [0.2, 0.25) is 0 Å². The number of carbonyl (C=O) groups is 1. The van der Waals surface area contributed by atoms with E-state index in [2.05, 4.69) is 22.1 Å². The Morgan fingerprint density at radius 2 is 2.14 bits per heavy atom. The maximum absolute atomic E-state index is 12.1. The summed E-state index contributed by atoms with van der Waals surface area (Å²) < 4.78 is 16.3. The van der Waals surface area contributed by atoms with Crippen LogP contribution in [0.1, 0.15) is 38.7 Å². The molecule has 0 bridgehead atoms. The Morgan fingerprint density at radius 3 is 2.82 bits per heavy atom. The minimum Gasteiger partial charge on any atom is -0.493 e. The van der Waals surface area contributed by atoms with Crippen LogP contribution in [-0.4, -0.2) is 57.3 Å². The topological polar surface area (TPSA) is 72.4 Å². The van der Waals surface area contributed by atoms with E-state index in [1.165, 1.54) is 0 Å². The highest BCUT2D eigenvalue weighted by Crippen LogP contribution is 2.28. The average molecular weight is 392 g/mol. The summed E-state index contributed by atoms with van der Waals surface area (Å²) in [6.45, 7) is 7.11. The lowest BCUT2D eigenvalue weighted by Crippen LogP contribution is -2.48. The minimum atomic E-state index is -0.116. The molecule has 1 saturated heterocycles. The third-order valence-corrected chi connectivity index (χ3v) is 4.69. The number of methoxy groups -OCH3 is 1. The fourth-order valence-corrected chi connectivity index (χ4v) is 3.29. The number of esters is 1. The van der Waals surface area contributed by atoms with Gasteiger partial charge in [0.2, 0.25) is 0 Å². The average Bonchev–Trinajstić information content (AvgIpc) is 2.73. The monoisotopic (exact) mass is 391 g/mol. The summed E-state index contributed by atoms with van der Waals surface area (Å²) in [5.74, 6) is 2.06. The molecule has 7 heteroatoms. The van der Waals surface area contributed by atoms with E-state index < -0.39 is 0 Å². The van der Waals surface area contributed by atoms with Crippen LogP contribution in [0.3, 0.4) is 0 Å². The Balaban J connectivity index is 1.97. The number of nitrogens with zero attached hydrogens (tertiary/aromatic N) is 2. The Hall–Kier alpha value is -2.44. The predicted molar refractivity (Wildman–Crippen MR) is 110 cm³/mol. The molecule has 1 heterocycles. The Morgan fingerprint density at radius 1 is 1.32 bits per heavy atom. The molecule has 2 rings (SSSR count). The van der Waals surface area contributed by atoms with Crippen molar-refractivity contribution in [3.8, 4) is 11.5 Å². The van der Waals surface area contributed by atoms with Crippen molar-refractivity contribution in [3.63, 3.8) is 0 Å². The number of hydrogen-bond acceptors (Lipinski definition) is 5. The molecule has 1 atom stereocenters. The van der Waals surface area contributed by atoms with Crippen molar-refractivity contribution in [2.24, 2.45) is 10.9 Å². The van der Waals surface area contributed by atoms with Crippen LogP contribution in [0.5, 0.6) is 11.5 Å². The van der Waals surface area contributed by atoms with Crippen LogP contribution in [0.15, 0.2) is 23.2 Å². The van der Waals surface area contributed by atoms with Gasteiger partial charge in [-0.05, 0) is 43.9 Å². The van der Waals surface area contributed by atoms with E-state index in [-0.39, 0.29) is 11.9 Å². The van der Waals surface area contributed by atoms with E-state index in [0.717, 1.165) is 48.8 Å². The van der Waals surface area contributed by atoms with Crippen molar-refractivity contribution >= 4 is 11.9 Å². The lowest BCUT2D eigenvalue weighted by Gasteiger charge is -2.34. The van der Waals surface area contributed by atoms with Gasteiger partial charge in [-0.3, -0.25) is 9.79 Å². The van der Waals surface area contributed by atoms with Crippen molar-refractivity contribution in [2.45, 2.75) is 39.7 Å². The van der Waals surface area contributed by atoms with Crippen LogP contribution in [0.4, 0.5) is 0 Å². The van der Waals surface area contributed by atoms with E-state index in [9.17, 15) is 4.79 Å². The van der Waals surface area contributed by atoms with Gasteiger partial charge in [0.15, 0.2) is 17.5 Å². The van der Waals surface area contributed by atoms with E-state index in [1.807, 2.05) is 25.1 Å². The van der Waals surface area contributed by atoms with Crippen LogP contribution in [0.25, 0.3) is 0 Å². The fraction of sp³-hybridized carbons (Fsp3) is 0.619. The molecule has 156 valence electrons. The Kier molecular flexibility index (Phi) is 8.91. The van der Waals surface area contributed by atoms with Crippen molar-refractivity contribution in [3.05, 3.63) is 23.8 Å². The molecule has 1 aromatic rings. The zero-order valence-corrected chi connectivity index (χ0v) is 17.5. The highest BCUT2D eigenvalue weighted by Gasteiger charge is 2.28. The van der Waals surface area contributed by atoms with E-state index >= 15 is 0 Å². The first-order valence-electron chi connectivity index (χ1n) is 10.0. The predicted octanol–water partition coefficient (Wildman–Crippen LogP) is 2.83. The van der Waals surface area contributed by atoms with Gasteiger partial charge in [-0.25, -0.2) is 0 Å². The van der Waals surface area contributed by atoms with Gasteiger partial charge in [0.1, 0.15) is 0 Å². The molecular formula is C21H33N3O4. The number of rotatable bonds is 8. The number of carbonyl (C=O) groups excluding carboxylic acids is 1. The SMILES string of the molecule is CCCOc1ccc(CNC(=NC)N2CCCC(C(=O)OCC)C2)cc1OC. The first-order valence-corrected chi connectivity index (χ1v) is 10.0. The van der Waals surface area contributed by atoms with E-state index in [4.69, 9.17) is 14.2 Å². The van der Waals surface area contributed by atoms with Crippen molar-refractivity contribution < 1.29 is 19.0 Å². The Bertz CT molecular complexity index is 663. The van der Waals surface area contributed by atoms with Gasteiger partial charge in [0.25, 0.3) is 0 Å². The number of hydrogen-bond donors (Lipinski definition) is 1. The van der Waals surface area contributed by atoms with Crippen molar-refractivity contribution in [1.82, 2.24) is 10.2 Å². The van der Waals surface area contributed by atoms with Crippen molar-refractivity contribution in [1.29, 1.82) is 0 Å². The molecule has 28 heavy (non-hydrogen) atoms. The van der Waals surface area contributed by atoms with Crippen LogP contribution >= 0.6 is 0 Å². The fourth-order valence-electron chi connectivity index (χ4n) is 3.29. The molecule has 1 unspecified atom stereocenters.